The first kappa shape index (κ1) is 13.8. The molecule has 0 radical (unpaired) electrons. The van der Waals surface area contributed by atoms with Crippen LogP contribution in [0, 0.1) is 5.82 Å². The summed E-state index contributed by atoms with van der Waals surface area (Å²) in [7, 11) is 1.68. The number of methoxy groups -OCH3 is 1. The van der Waals surface area contributed by atoms with Crippen molar-refractivity contribution in [3.05, 3.63) is 65.5 Å². The summed E-state index contributed by atoms with van der Waals surface area (Å²) in [6.45, 7) is 0.589. The Hall–Kier alpha value is -2.20. The third-order valence-electron chi connectivity index (χ3n) is 3.81. The van der Waals surface area contributed by atoms with Crippen molar-refractivity contribution in [2.24, 2.45) is 0 Å². The molecule has 0 aliphatic carbocycles. The number of rotatable bonds is 2. The second-order valence-electron chi connectivity index (χ2n) is 5.04. The summed E-state index contributed by atoms with van der Waals surface area (Å²) in [6.07, 6.45) is 0.763. The second kappa shape index (κ2) is 5.66. The molecular formula is C17H16FNO2. The third-order valence-corrected chi connectivity index (χ3v) is 3.81. The van der Waals surface area contributed by atoms with E-state index in [0.717, 1.165) is 17.7 Å². The van der Waals surface area contributed by atoms with E-state index in [2.05, 4.69) is 0 Å². The Kier molecular flexibility index (Phi) is 3.71. The minimum atomic E-state index is -0.343. The van der Waals surface area contributed by atoms with Crippen molar-refractivity contribution in [2.75, 3.05) is 18.6 Å². The lowest BCUT2D eigenvalue weighted by Gasteiger charge is -2.33. The van der Waals surface area contributed by atoms with Gasteiger partial charge in [0.15, 0.2) is 0 Å². The molecule has 108 valence electrons. The first-order valence-corrected chi connectivity index (χ1v) is 6.90. The van der Waals surface area contributed by atoms with Crippen molar-refractivity contribution in [2.45, 2.75) is 12.5 Å². The van der Waals surface area contributed by atoms with Gasteiger partial charge in [-0.1, -0.05) is 18.2 Å². The molecule has 1 aliphatic heterocycles. The van der Waals surface area contributed by atoms with Gasteiger partial charge in [0.1, 0.15) is 5.82 Å². The minimum absolute atomic E-state index is 0.0125. The lowest BCUT2D eigenvalue weighted by Crippen LogP contribution is -2.37. The van der Waals surface area contributed by atoms with E-state index < -0.39 is 0 Å². The number of hydrogen-bond acceptors (Lipinski definition) is 2. The number of halogens is 1. The molecular weight excluding hydrogens is 269 g/mol. The van der Waals surface area contributed by atoms with Gasteiger partial charge in [-0.05, 0) is 36.8 Å². The van der Waals surface area contributed by atoms with Crippen molar-refractivity contribution in [1.29, 1.82) is 0 Å². The topological polar surface area (TPSA) is 29.5 Å². The summed E-state index contributed by atoms with van der Waals surface area (Å²) >= 11 is 0. The molecule has 3 nitrogen and oxygen atoms in total. The predicted octanol–water partition coefficient (Wildman–Crippen LogP) is 3.56. The van der Waals surface area contributed by atoms with Gasteiger partial charge in [-0.15, -0.1) is 0 Å². The number of fused-ring (bicyclic) bond motifs is 1. The molecule has 1 atom stereocenters. The predicted molar refractivity (Wildman–Crippen MR) is 78.9 cm³/mol. The first-order chi connectivity index (χ1) is 10.2. The van der Waals surface area contributed by atoms with Crippen LogP contribution in [0.15, 0.2) is 48.5 Å². The molecule has 0 aromatic heterocycles. The Morgan fingerprint density at radius 1 is 1.19 bits per heavy atom. The van der Waals surface area contributed by atoms with Gasteiger partial charge in [-0.25, -0.2) is 4.39 Å². The Bertz CT molecular complexity index is 654. The van der Waals surface area contributed by atoms with Crippen molar-refractivity contribution in [3.8, 4) is 0 Å². The van der Waals surface area contributed by atoms with Gasteiger partial charge in [0.25, 0.3) is 5.91 Å². The Morgan fingerprint density at radius 2 is 1.90 bits per heavy atom. The molecule has 0 bridgehead atoms. The molecule has 0 saturated carbocycles. The standard InChI is InChI=1S/C17H16FNO2/c1-21-16-10-11-19(15-5-3-2-4-14(15)16)17(20)12-6-8-13(18)9-7-12/h2-9,16H,10-11H2,1H3. The summed E-state index contributed by atoms with van der Waals surface area (Å²) in [6, 6.07) is 13.4. The van der Waals surface area contributed by atoms with Gasteiger partial charge in [0.2, 0.25) is 0 Å². The third kappa shape index (κ3) is 2.54. The van der Waals surface area contributed by atoms with Gasteiger partial charge in [0.05, 0.1) is 6.10 Å². The fraction of sp³-hybridized carbons (Fsp3) is 0.235. The molecule has 0 fully saturated rings. The Labute approximate surface area is 123 Å². The zero-order valence-electron chi connectivity index (χ0n) is 11.8. The number of amides is 1. The van der Waals surface area contributed by atoms with Crippen molar-refractivity contribution in [1.82, 2.24) is 0 Å². The van der Waals surface area contributed by atoms with Gasteiger partial charge in [0, 0.05) is 30.5 Å². The minimum Gasteiger partial charge on any atom is -0.377 e. The average molecular weight is 285 g/mol. The number of para-hydroxylation sites is 1. The number of carbonyl (C=O) groups excluding carboxylic acids is 1. The van der Waals surface area contributed by atoms with E-state index in [4.69, 9.17) is 4.74 Å². The number of anilines is 1. The largest absolute Gasteiger partial charge is 0.377 e. The number of carbonyl (C=O) groups is 1. The highest BCUT2D eigenvalue weighted by molar-refractivity contribution is 6.06. The number of benzene rings is 2. The monoisotopic (exact) mass is 285 g/mol. The van der Waals surface area contributed by atoms with Crippen LogP contribution in [0.25, 0.3) is 0 Å². The van der Waals surface area contributed by atoms with Gasteiger partial charge in [-0.3, -0.25) is 4.79 Å². The van der Waals surface area contributed by atoms with E-state index in [9.17, 15) is 9.18 Å². The molecule has 1 heterocycles. The molecule has 3 rings (SSSR count). The summed E-state index contributed by atoms with van der Waals surface area (Å²) < 4.78 is 18.5. The molecule has 1 aliphatic rings. The number of nitrogens with zero attached hydrogens (tertiary/aromatic N) is 1. The highest BCUT2D eigenvalue weighted by Crippen LogP contribution is 2.36. The molecule has 2 aromatic carbocycles. The lowest BCUT2D eigenvalue weighted by molar-refractivity contribution is 0.0868. The number of hydrogen-bond donors (Lipinski definition) is 0. The smallest absolute Gasteiger partial charge is 0.258 e. The maximum atomic E-state index is 13.0. The van der Waals surface area contributed by atoms with E-state index in [0.29, 0.717) is 12.1 Å². The van der Waals surface area contributed by atoms with Crippen molar-refractivity contribution >= 4 is 11.6 Å². The van der Waals surface area contributed by atoms with E-state index in [-0.39, 0.29) is 17.8 Å². The highest BCUT2D eigenvalue weighted by atomic mass is 19.1. The van der Waals surface area contributed by atoms with E-state index in [1.807, 2.05) is 24.3 Å². The second-order valence-corrected chi connectivity index (χ2v) is 5.04. The highest BCUT2D eigenvalue weighted by Gasteiger charge is 2.28. The van der Waals surface area contributed by atoms with Crippen LogP contribution < -0.4 is 4.90 Å². The normalized spacial score (nSPS) is 17.4. The molecule has 0 spiro atoms. The Morgan fingerprint density at radius 3 is 2.62 bits per heavy atom. The van der Waals surface area contributed by atoms with Crippen LogP contribution in [0.2, 0.25) is 0 Å². The van der Waals surface area contributed by atoms with Gasteiger partial charge < -0.3 is 9.64 Å². The van der Waals surface area contributed by atoms with Gasteiger partial charge in [-0.2, -0.15) is 0 Å². The van der Waals surface area contributed by atoms with Crippen LogP contribution in [-0.2, 0) is 4.74 Å². The molecule has 2 aromatic rings. The van der Waals surface area contributed by atoms with E-state index in [1.165, 1.54) is 24.3 Å². The average Bonchev–Trinajstić information content (AvgIpc) is 2.54. The molecule has 4 heteroatoms. The van der Waals surface area contributed by atoms with Crippen LogP contribution in [0.3, 0.4) is 0 Å². The fourth-order valence-corrected chi connectivity index (χ4v) is 2.73. The Balaban J connectivity index is 1.96. The number of ether oxygens (including phenoxy) is 1. The SMILES string of the molecule is COC1CCN(C(=O)c2ccc(F)cc2)c2ccccc21. The van der Waals surface area contributed by atoms with E-state index >= 15 is 0 Å². The molecule has 0 saturated heterocycles. The summed E-state index contributed by atoms with van der Waals surface area (Å²) in [5.41, 5.74) is 2.37. The summed E-state index contributed by atoms with van der Waals surface area (Å²) in [5, 5.41) is 0. The summed E-state index contributed by atoms with van der Waals surface area (Å²) in [5.74, 6) is -0.456. The molecule has 0 N–H and O–H groups in total. The molecule has 1 amide bonds. The first-order valence-electron chi connectivity index (χ1n) is 6.90. The maximum Gasteiger partial charge on any atom is 0.258 e. The van der Waals surface area contributed by atoms with Crippen LogP contribution >= 0.6 is 0 Å². The summed E-state index contributed by atoms with van der Waals surface area (Å²) in [4.78, 5) is 14.4. The maximum absolute atomic E-state index is 13.0. The van der Waals surface area contributed by atoms with Crippen LogP contribution in [0.1, 0.15) is 28.4 Å². The molecule has 21 heavy (non-hydrogen) atoms. The van der Waals surface area contributed by atoms with Crippen LogP contribution in [-0.4, -0.2) is 19.6 Å². The fourth-order valence-electron chi connectivity index (χ4n) is 2.73. The quantitative estimate of drug-likeness (QED) is 0.844. The van der Waals surface area contributed by atoms with E-state index in [1.54, 1.807) is 12.0 Å². The van der Waals surface area contributed by atoms with Crippen molar-refractivity contribution in [3.63, 3.8) is 0 Å². The zero-order valence-corrected chi connectivity index (χ0v) is 11.8. The zero-order chi connectivity index (χ0) is 14.8. The van der Waals surface area contributed by atoms with Gasteiger partial charge >= 0.3 is 0 Å². The van der Waals surface area contributed by atoms with Crippen LogP contribution in [0.5, 0.6) is 0 Å². The van der Waals surface area contributed by atoms with Crippen molar-refractivity contribution < 1.29 is 13.9 Å². The lowest BCUT2D eigenvalue weighted by atomic mass is 9.98. The molecule has 1 unspecified atom stereocenters. The van der Waals surface area contributed by atoms with Crippen LogP contribution in [0.4, 0.5) is 10.1 Å².